The molecule has 0 saturated carbocycles. The maximum absolute atomic E-state index is 12.0. The largest absolute Gasteiger partial charge is 0.573 e. The van der Waals surface area contributed by atoms with Gasteiger partial charge in [-0.25, -0.2) is 4.98 Å². The highest BCUT2D eigenvalue weighted by Gasteiger charge is 2.31. The molecule has 0 bridgehead atoms. The molecule has 2 aromatic rings. The molecule has 0 aliphatic rings. The Balaban J connectivity index is 2.29. The zero-order valence-corrected chi connectivity index (χ0v) is 9.69. The molecular formula is C12H5F3N4O. The van der Waals surface area contributed by atoms with Crippen molar-refractivity contribution in [1.29, 1.82) is 10.5 Å². The van der Waals surface area contributed by atoms with Crippen molar-refractivity contribution in [3.8, 4) is 29.3 Å². The minimum absolute atomic E-state index is 0.00174. The molecule has 8 heteroatoms. The van der Waals surface area contributed by atoms with Crippen LogP contribution in [0.4, 0.5) is 13.2 Å². The maximum atomic E-state index is 12.0. The Bertz CT molecular complexity index is 673. The summed E-state index contributed by atoms with van der Waals surface area (Å²) < 4.78 is 39.7. The van der Waals surface area contributed by atoms with E-state index < -0.39 is 6.36 Å². The van der Waals surface area contributed by atoms with Gasteiger partial charge in [0.15, 0.2) is 11.4 Å². The van der Waals surface area contributed by atoms with E-state index in [0.717, 1.165) is 12.1 Å². The topological polar surface area (TPSA) is 85.5 Å². The molecular weight excluding hydrogens is 273 g/mol. The van der Waals surface area contributed by atoms with E-state index in [-0.39, 0.29) is 23.0 Å². The lowest BCUT2D eigenvalue weighted by Gasteiger charge is -2.08. The molecule has 20 heavy (non-hydrogen) atoms. The Morgan fingerprint density at radius 3 is 2.20 bits per heavy atom. The van der Waals surface area contributed by atoms with E-state index in [2.05, 4.69) is 14.7 Å². The predicted molar refractivity (Wildman–Crippen MR) is 60.1 cm³/mol. The maximum Gasteiger partial charge on any atom is 0.573 e. The number of ether oxygens (including phenoxy) is 1. The Kier molecular flexibility index (Phi) is 3.32. The monoisotopic (exact) mass is 278 g/mol. The highest BCUT2D eigenvalue weighted by Crippen LogP contribution is 2.25. The van der Waals surface area contributed by atoms with Gasteiger partial charge in [0, 0.05) is 5.56 Å². The molecule has 1 aromatic heterocycles. The smallest absolute Gasteiger partial charge is 0.406 e. The van der Waals surface area contributed by atoms with Gasteiger partial charge < -0.3 is 9.72 Å². The quantitative estimate of drug-likeness (QED) is 0.915. The number of H-pyrrole nitrogens is 1. The zero-order valence-electron chi connectivity index (χ0n) is 9.69. The lowest BCUT2D eigenvalue weighted by molar-refractivity contribution is -0.274. The van der Waals surface area contributed by atoms with Crippen LogP contribution in [0.1, 0.15) is 11.4 Å². The second-order valence-electron chi connectivity index (χ2n) is 3.60. The van der Waals surface area contributed by atoms with E-state index >= 15 is 0 Å². The average molecular weight is 278 g/mol. The second-order valence-corrected chi connectivity index (χ2v) is 3.60. The van der Waals surface area contributed by atoms with Crippen molar-refractivity contribution < 1.29 is 17.9 Å². The molecule has 0 aliphatic heterocycles. The van der Waals surface area contributed by atoms with E-state index in [4.69, 9.17) is 10.5 Å². The molecule has 0 saturated heterocycles. The number of nitrogens with one attached hydrogen (secondary N) is 1. The molecule has 1 heterocycles. The minimum atomic E-state index is -4.76. The summed E-state index contributed by atoms with van der Waals surface area (Å²) >= 11 is 0. The summed E-state index contributed by atoms with van der Waals surface area (Å²) in [6.45, 7) is 0. The normalized spacial score (nSPS) is 10.7. The Morgan fingerprint density at radius 2 is 1.75 bits per heavy atom. The summed E-state index contributed by atoms with van der Waals surface area (Å²) in [5.41, 5.74) is 0.355. The average Bonchev–Trinajstić information content (AvgIpc) is 2.81. The third kappa shape index (κ3) is 2.87. The first-order valence-corrected chi connectivity index (χ1v) is 5.19. The summed E-state index contributed by atoms with van der Waals surface area (Å²) in [7, 11) is 0. The van der Waals surface area contributed by atoms with Crippen molar-refractivity contribution in [2.24, 2.45) is 0 Å². The lowest BCUT2D eigenvalue weighted by Crippen LogP contribution is -2.16. The molecule has 0 atom stereocenters. The van der Waals surface area contributed by atoms with Gasteiger partial charge in [-0.2, -0.15) is 10.5 Å². The number of alkyl halides is 3. The van der Waals surface area contributed by atoms with E-state index in [1.165, 1.54) is 12.1 Å². The third-order valence-corrected chi connectivity index (χ3v) is 2.28. The lowest BCUT2D eigenvalue weighted by atomic mass is 10.2. The van der Waals surface area contributed by atoms with E-state index in [0.29, 0.717) is 5.56 Å². The van der Waals surface area contributed by atoms with Gasteiger partial charge in [0.05, 0.1) is 0 Å². The van der Waals surface area contributed by atoms with Crippen molar-refractivity contribution in [2.75, 3.05) is 0 Å². The number of nitrogens with zero attached hydrogens (tertiary/aromatic N) is 3. The Hall–Kier alpha value is -3.00. The fraction of sp³-hybridized carbons (Fsp3) is 0.0833. The zero-order chi connectivity index (χ0) is 14.8. The van der Waals surface area contributed by atoms with Crippen molar-refractivity contribution in [3.05, 3.63) is 35.7 Å². The molecule has 0 unspecified atom stereocenters. The van der Waals surface area contributed by atoms with Crippen LogP contribution in [0.25, 0.3) is 11.4 Å². The highest BCUT2D eigenvalue weighted by molar-refractivity contribution is 5.59. The van der Waals surface area contributed by atoms with Crippen molar-refractivity contribution in [1.82, 2.24) is 9.97 Å². The number of hydrogen-bond donors (Lipinski definition) is 1. The summed E-state index contributed by atoms with van der Waals surface area (Å²) in [4.78, 5) is 6.48. The summed E-state index contributed by atoms with van der Waals surface area (Å²) in [6, 6.07) is 8.41. The van der Waals surface area contributed by atoms with Gasteiger partial charge in [-0.1, -0.05) is 0 Å². The van der Waals surface area contributed by atoms with Crippen LogP contribution in [0.2, 0.25) is 0 Å². The van der Waals surface area contributed by atoms with Crippen molar-refractivity contribution in [2.45, 2.75) is 6.36 Å². The number of aromatic amines is 1. The Labute approximate surface area is 110 Å². The van der Waals surface area contributed by atoms with Gasteiger partial charge in [0.25, 0.3) is 0 Å². The van der Waals surface area contributed by atoms with E-state index in [1.807, 2.05) is 0 Å². The SMILES string of the molecule is N#Cc1nc(-c2ccc(OC(F)(F)F)cc2)[nH]c1C#N. The number of nitriles is 2. The van der Waals surface area contributed by atoms with Gasteiger partial charge in [-0.15, -0.1) is 13.2 Å². The molecule has 0 spiro atoms. The van der Waals surface area contributed by atoms with Crippen LogP contribution in [0.5, 0.6) is 5.75 Å². The predicted octanol–water partition coefficient (Wildman–Crippen LogP) is 2.72. The van der Waals surface area contributed by atoms with Crippen LogP contribution in [0.15, 0.2) is 24.3 Å². The van der Waals surface area contributed by atoms with Crippen LogP contribution < -0.4 is 4.74 Å². The van der Waals surface area contributed by atoms with Crippen molar-refractivity contribution >= 4 is 0 Å². The second kappa shape index (κ2) is 4.94. The molecule has 2 rings (SSSR count). The van der Waals surface area contributed by atoms with Gasteiger partial charge in [-0.05, 0) is 24.3 Å². The fourth-order valence-corrected chi connectivity index (χ4v) is 1.49. The van der Waals surface area contributed by atoms with Gasteiger partial charge in [-0.3, -0.25) is 0 Å². The molecule has 1 N–H and O–H groups in total. The van der Waals surface area contributed by atoms with E-state index in [1.54, 1.807) is 12.1 Å². The molecule has 0 fully saturated rings. The first-order chi connectivity index (χ1) is 9.43. The number of hydrogen-bond acceptors (Lipinski definition) is 4. The number of rotatable bonds is 2. The molecule has 0 aliphatic carbocycles. The first kappa shape index (κ1) is 13.4. The van der Waals surface area contributed by atoms with Gasteiger partial charge in [0.1, 0.15) is 23.7 Å². The van der Waals surface area contributed by atoms with Crippen LogP contribution >= 0.6 is 0 Å². The molecule has 100 valence electrons. The minimum Gasteiger partial charge on any atom is -0.406 e. The molecule has 5 nitrogen and oxygen atoms in total. The molecule has 0 amide bonds. The number of imidazole rings is 1. The number of aromatic nitrogens is 2. The van der Waals surface area contributed by atoms with Gasteiger partial charge in [0.2, 0.25) is 0 Å². The summed E-state index contributed by atoms with van der Waals surface area (Å²) in [6.07, 6.45) is -4.76. The molecule has 1 aromatic carbocycles. The van der Waals surface area contributed by atoms with Crippen LogP contribution in [0.3, 0.4) is 0 Å². The highest BCUT2D eigenvalue weighted by atomic mass is 19.4. The summed E-state index contributed by atoms with van der Waals surface area (Å²) in [5, 5.41) is 17.5. The Morgan fingerprint density at radius 1 is 1.10 bits per heavy atom. The number of benzene rings is 1. The van der Waals surface area contributed by atoms with Crippen LogP contribution in [-0.2, 0) is 0 Å². The number of halogens is 3. The fourth-order valence-electron chi connectivity index (χ4n) is 1.49. The first-order valence-electron chi connectivity index (χ1n) is 5.19. The summed E-state index contributed by atoms with van der Waals surface area (Å²) in [5.74, 6) is -0.148. The van der Waals surface area contributed by atoms with Crippen LogP contribution in [-0.4, -0.2) is 16.3 Å². The standard InChI is InChI=1S/C12H5F3N4O/c13-12(14,15)20-8-3-1-7(2-4-8)11-18-9(5-16)10(6-17)19-11/h1-4H,(H,18,19). The molecule has 0 radical (unpaired) electrons. The van der Waals surface area contributed by atoms with Crippen LogP contribution in [0, 0.1) is 22.7 Å². The van der Waals surface area contributed by atoms with Gasteiger partial charge >= 0.3 is 6.36 Å². The van der Waals surface area contributed by atoms with E-state index in [9.17, 15) is 13.2 Å². The third-order valence-electron chi connectivity index (χ3n) is 2.28. The van der Waals surface area contributed by atoms with Crippen molar-refractivity contribution in [3.63, 3.8) is 0 Å².